The zero-order valence-electron chi connectivity index (χ0n) is 31.3. The van der Waals surface area contributed by atoms with Crippen LogP contribution in [0, 0.1) is 0 Å². The maximum atomic E-state index is 14.3. The van der Waals surface area contributed by atoms with Crippen LogP contribution in [0.15, 0.2) is 128 Å². The van der Waals surface area contributed by atoms with Crippen LogP contribution in [0.2, 0.25) is 0 Å². The molecule has 4 aromatic carbocycles. The Morgan fingerprint density at radius 3 is 2.00 bits per heavy atom. The Morgan fingerprint density at radius 1 is 0.745 bits per heavy atom. The molecule has 3 atom stereocenters. The standard InChI is InChI=1S/C45H50N4O6/c1-4-6-9-23-40(48-45(54)55-30-38-36-20-14-12-18-34(36)35-19-13-15-21-37(35)38)44(53)49(3)41(28-31-24-26-33(50)27-25-31)43(52)47-39(22-7-5-2)42(51)46-29-32-16-10-8-11-17-32/h4-5,8,10-21,24-27,38-41,50H,1-2,6-7,9,22-23,28-30H2,3H3,(H,46,51)(H,47,52)(H,48,54)/t39-,40-,41-/m0/s1. The first kappa shape index (κ1) is 40.0. The Hall–Kier alpha value is -6.16. The minimum atomic E-state index is -1.07. The largest absolute Gasteiger partial charge is 0.508 e. The molecule has 0 aromatic heterocycles. The van der Waals surface area contributed by atoms with Crippen molar-refractivity contribution in [3.63, 3.8) is 0 Å². The molecule has 0 radical (unpaired) electrons. The van der Waals surface area contributed by atoms with Gasteiger partial charge < -0.3 is 30.7 Å². The highest BCUT2D eigenvalue weighted by Gasteiger charge is 2.35. The van der Waals surface area contributed by atoms with E-state index in [4.69, 9.17) is 4.74 Å². The van der Waals surface area contributed by atoms with Gasteiger partial charge in [0.15, 0.2) is 0 Å². The topological polar surface area (TPSA) is 137 Å². The summed E-state index contributed by atoms with van der Waals surface area (Å²) < 4.78 is 5.80. The maximum absolute atomic E-state index is 14.3. The van der Waals surface area contributed by atoms with E-state index in [1.165, 1.54) is 24.1 Å². The minimum Gasteiger partial charge on any atom is -0.508 e. The SMILES string of the molecule is C=CCCC[C@H](NC(=O)OCC1c2ccccc2-c2ccccc21)C(=O)N(C)[C@@H](Cc1ccc(O)cc1)C(=O)N[C@@H](CCC=C)C(=O)NCc1ccccc1. The second-order valence-corrected chi connectivity index (χ2v) is 13.7. The van der Waals surface area contributed by atoms with E-state index in [1.807, 2.05) is 66.7 Å². The number of unbranched alkanes of at least 4 members (excludes halogenated alkanes) is 1. The van der Waals surface area contributed by atoms with Crippen LogP contribution in [0.25, 0.3) is 11.1 Å². The number of phenolic OH excluding ortho intramolecular Hbond substituents is 1. The van der Waals surface area contributed by atoms with Crippen molar-refractivity contribution >= 4 is 23.8 Å². The van der Waals surface area contributed by atoms with Crippen LogP contribution in [0.4, 0.5) is 4.79 Å². The lowest BCUT2D eigenvalue weighted by Gasteiger charge is -2.32. The van der Waals surface area contributed by atoms with Crippen molar-refractivity contribution in [3.05, 3.63) is 151 Å². The summed E-state index contributed by atoms with van der Waals surface area (Å²) in [5.41, 5.74) is 5.93. The van der Waals surface area contributed by atoms with Gasteiger partial charge in [0, 0.05) is 25.9 Å². The van der Waals surface area contributed by atoms with Crippen LogP contribution in [-0.4, -0.2) is 65.6 Å². The number of nitrogens with zero attached hydrogens (tertiary/aromatic N) is 1. The van der Waals surface area contributed by atoms with Crippen molar-refractivity contribution in [1.82, 2.24) is 20.9 Å². The van der Waals surface area contributed by atoms with Crippen molar-refractivity contribution in [3.8, 4) is 16.9 Å². The van der Waals surface area contributed by atoms with Gasteiger partial charge in [0.1, 0.15) is 30.5 Å². The number of carbonyl (C=O) groups is 4. The smallest absolute Gasteiger partial charge is 0.407 e. The Kier molecular flexibility index (Phi) is 14.4. The molecule has 4 aromatic rings. The molecule has 0 aliphatic heterocycles. The van der Waals surface area contributed by atoms with Crippen molar-refractivity contribution in [2.45, 2.75) is 69.1 Å². The van der Waals surface area contributed by atoms with Gasteiger partial charge in [0.2, 0.25) is 17.7 Å². The third kappa shape index (κ3) is 10.7. The lowest BCUT2D eigenvalue weighted by molar-refractivity contribution is -0.141. The van der Waals surface area contributed by atoms with Gasteiger partial charge in [0.05, 0.1) is 0 Å². The Labute approximate surface area is 323 Å². The van der Waals surface area contributed by atoms with Gasteiger partial charge in [0.25, 0.3) is 0 Å². The molecule has 4 amide bonds. The number of ether oxygens (including phenoxy) is 1. The van der Waals surface area contributed by atoms with Gasteiger partial charge >= 0.3 is 6.09 Å². The van der Waals surface area contributed by atoms with E-state index in [0.29, 0.717) is 31.2 Å². The quantitative estimate of drug-likeness (QED) is 0.0617. The molecule has 10 heteroatoms. The van der Waals surface area contributed by atoms with Crippen LogP contribution in [0.3, 0.4) is 0 Å². The molecular weight excluding hydrogens is 693 g/mol. The summed E-state index contributed by atoms with van der Waals surface area (Å²) in [7, 11) is 1.51. The summed E-state index contributed by atoms with van der Waals surface area (Å²) in [4.78, 5) is 56.7. The van der Waals surface area contributed by atoms with Crippen LogP contribution >= 0.6 is 0 Å². The van der Waals surface area contributed by atoms with Gasteiger partial charge in [-0.15, -0.1) is 13.2 Å². The van der Waals surface area contributed by atoms with Gasteiger partial charge in [-0.3, -0.25) is 14.4 Å². The van der Waals surface area contributed by atoms with Gasteiger partial charge in [-0.25, -0.2) is 4.79 Å². The number of rotatable bonds is 19. The molecule has 5 rings (SSSR count). The van der Waals surface area contributed by atoms with Crippen LogP contribution in [-0.2, 0) is 32.1 Å². The minimum absolute atomic E-state index is 0.0586. The molecule has 0 fully saturated rings. The normalized spacial score (nSPS) is 13.3. The number of benzene rings is 4. The third-order valence-corrected chi connectivity index (χ3v) is 9.92. The summed E-state index contributed by atoms with van der Waals surface area (Å²) in [5, 5.41) is 18.5. The molecule has 10 nitrogen and oxygen atoms in total. The zero-order valence-corrected chi connectivity index (χ0v) is 31.3. The van der Waals surface area contributed by atoms with E-state index >= 15 is 0 Å². The highest BCUT2D eigenvalue weighted by Crippen LogP contribution is 2.44. The van der Waals surface area contributed by atoms with E-state index in [9.17, 15) is 24.3 Å². The van der Waals surface area contributed by atoms with Crippen molar-refractivity contribution < 1.29 is 29.0 Å². The molecule has 55 heavy (non-hydrogen) atoms. The predicted molar refractivity (Wildman–Crippen MR) is 214 cm³/mol. The van der Waals surface area contributed by atoms with Crippen LogP contribution < -0.4 is 16.0 Å². The number of allylic oxidation sites excluding steroid dienone is 2. The molecule has 1 aliphatic rings. The molecule has 0 saturated heterocycles. The number of nitrogens with one attached hydrogen (secondary N) is 3. The first-order valence-electron chi connectivity index (χ1n) is 18.7. The molecule has 286 valence electrons. The van der Waals surface area contributed by atoms with E-state index in [2.05, 4.69) is 41.2 Å². The number of phenols is 1. The fourth-order valence-electron chi connectivity index (χ4n) is 6.90. The van der Waals surface area contributed by atoms with Crippen molar-refractivity contribution in [1.29, 1.82) is 0 Å². The Balaban J connectivity index is 1.32. The molecule has 0 unspecified atom stereocenters. The lowest BCUT2D eigenvalue weighted by Crippen LogP contribution is -2.57. The molecular formula is C45H50N4O6. The van der Waals surface area contributed by atoms with Crippen molar-refractivity contribution in [2.75, 3.05) is 13.7 Å². The summed E-state index contributed by atoms with van der Waals surface area (Å²) in [6, 6.07) is 28.9. The molecule has 1 aliphatic carbocycles. The van der Waals surface area contributed by atoms with E-state index in [0.717, 1.165) is 27.8 Å². The maximum Gasteiger partial charge on any atom is 0.407 e. The lowest BCUT2D eigenvalue weighted by atomic mass is 9.98. The molecule has 0 heterocycles. The Bertz CT molecular complexity index is 1900. The summed E-state index contributed by atoms with van der Waals surface area (Å²) in [6.45, 7) is 7.92. The number of alkyl carbamates (subject to hydrolysis) is 1. The summed E-state index contributed by atoms with van der Waals surface area (Å²) in [6.07, 6.45) is 4.96. The third-order valence-electron chi connectivity index (χ3n) is 9.92. The highest BCUT2D eigenvalue weighted by atomic mass is 16.5. The highest BCUT2D eigenvalue weighted by molar-refractivity contribution is 5.94. The van der Waals surface area contributed by atoms with Crippen molar-refractivity contribution in [2.24, 2.45) is 0 Å². The first-order chi connectivity index (χ1) is 26.7. The van der Waals surface area contributed by atoms with Gasteiger partial charge in [-0.2, -0.15) is 0 Å². The Morgan fingerprint density at radius 2 is 1.36 bits per heavy atom. The first-order valence-corrected chi connectivity index (χ1v) is 18.7. The number of fused-ring (bicyclic) bond motifs is 3. The number of hydrogen-bond donors (Lipinski definition) is 4. The molecule has 4 N–H and O–H groups in total. The van der Waals surface area contributed by atoms with Gasteiger partial charge in [-0.05, 0) is 77.6 Å². The van der Waals surface area contributed by atoms with E-state index < -0.39 is 36.0 Å². The molecule has 0 saturated carbocycles. The summed E-state index contributed by atoms with van der Waals surface area (Å²) in [5.74, 6) is -1.50. The van der Waals surface area contributed by atoms with Gasteiger partial charge in [-0.1, -0.05) is 103 Å². The predicted octanol–water partition coefficient (Wildman–Crippen LogP) is 6.79. The second-order valence-electron chi connectivity index (χ2n) is 13.7. The number of hydrogen-bond acceptors (Lipinski definition) is 6. The van der Waals surface area contributed by atoms with E-state index in [1.54, 1.807) is 24.3 Å². The number of carbonyl (C=O) groups excluding carboxylic acids is 4. The summed E-state index contributed by atoms with van der Waals surface area (Å²) >= 11 is 0. The second kappa shape index (κ2) is 19.8. The molecule has 0 bridgehead atoms. The average molecular weight is 743 g/mol. The number of likely N-dealkylation sites (N-methyl/N-ethyl adjacent to an activating group) is 1. The van der Waals surface area contributed by atoms with E-state index in [-0.39, 0.29) is 43.6 Å². The monoisotopic (exact) mass is 742 g/mol. The van der Waals surface area contributed by atoms with Crippen LogP contribution in [0.1, 0.15) is 60.3 Å². The molecule has 0 spiro atoms. The zero-order chi connectivity index (χ0) is 39.2. The fraction of sp³-hybridized carbons (Fsp3) is 0.289. The number of aromatic hydroxyl groups is 1. The average Bonchev–Trinajstić information content (AvgIpc) is 3.53. The number of amides is 4. The fourth-order valence-corrected chi connectivity index (χ4v) is 6.90. The van der Waals surface area contributed by atoms with Crippen LogP contribution in [0.5, 0.6) is 5.75 Å².